The van der Waals surface area contributed by atoms with E-state index in [4.69, 9.17) is 11.6 Å². The fourth-order valence-electron chi connectivity index (χ4n) is 3.98. The Bertz CT molecular complexity index is 1210. The molecule has 0 radical (unpaired) electrons. The van der Waals surface area contributed by atoms with E-state index in [2.05, 4.69) is 15.0 Å². The van der Waals surface area contributed by atoms with Crippen LogP contribution in [0.25, 0.3) is 0 Å². The fraction of sp³-hybridized carbons (Fsp3) is 0.318. The minimum absolute atomic E-state index is 0.149. The van der Waals surface area contributed by atoms with Crippen molar-refractivity contribution in [2.75, 3.05) is 18.4 Å². The van der Waals surface area contributed by atoms with Gasteiger partial charge in [-0.15, -0.1) is 4.40 Å². The predicted octanol–water partition coefficient (Wildman–Crippen LogP) is 2.71. The molecule has 1 atom stereocenters. The number of sulfonamides is 1. The molecule has 168 valence electrons. The molecular formula is C22H23ClN4O4S. The highest BCUT2D eigenvalue weighted by Gasteiger charge is 2.37. The molecule has 2 aromatic rings. The van der Waals surface area contributed by atoms with E-state index in [0.717, 1.165) is 18.4 Å². The molecule has 4 rings (SSSR count). The maximum absolute atomic E-state index is 13.0. The number of anilines is 1. The number of hydrogen-bond acceptors (Lipinski definition) is 5. The second kappa shape index (κ2) is 8.91. The van der Waals surface area contributed by atoms with Gasteiger partial charge in [0.2, 0.25) is 11.8 Å². The minimum Gasteiger partial charge on any atom is -0.345 e. The first-order chi connectivity index (χ1) is 15.3. The Hall–Kier alpha value is -2.91. The SMILES string of the molecule is Cc1c(Cl)cccc1NC(=O)CNC(=O)[C@@H]1CCCCN1C1=NS(=O)(=O)c2ccccc21. The second-order valence-electron chi connectivity index (χ2n) is 7.77. The van der Waals surface area contributed by atoms with Gasteiger partial charge in [-0.3, -0.25) is 9.59 Å². The zero-order valence-electron chi connectivity index (χ0n) is 17.5. The number of likely N-dealkylation sites (tertiary alicyclic amines) is 1. The first kappa shape index (κ1) is 22.3. The van der Waals surface area contributed by atoms with E-state index < -0.39 is 16.1 Å². The molecule has 2 aromatic carbocycles. The van der Waals surface area contributed by atoms with Crippen molar-refractivity contribution in [3.05, 3.63) is 58.6 Å². The first-order valence-electron chi connectivity index (χ1n) is 10.3. The number of nitrogens with zero attached hydrogens (tertiary/aromatic N) is 2. The van der Waals surface area contributed by atoms with Gasteiger partial charge in [-0.2, -0.15) is 8.42 Å². The van der Waals surface area contributed by atoms with Crippen LogP contribution in [0.1, 0.15) is 30.4 Å². The number of rotatable bonds is 4. The molecule has 0 saturated carbocycles. The lowest BCUT2D eigenvalue weighted by atomic mass is 9.99. The van der Waals surface area contributed by atoms with Gasteiger partial charge < -0.3 is 15.5 Å². The summed E-state index contributed by atoms with van der Waals surface area (Å²) in [6, 6.07) is 11.2. The van der Waals surface area contributed by atoms with Crippen molar-refractivity contribution in [3.63, 3.8) is 0 Å². The van der Waals surface area contributed by atoms with Crippen molar-refractivity contribution < 1.29 is 18.0 Å². The van der Waals surface area contributed by atoms with E-state index in [-0.39, 0.29) is 23.3 Å². The minimum atomic E-state index is -3.78. The largest absolute Gasteiger partial charge is 0.345 e. The van der Waals surface area contributed by atoms with Gasteiger partial charge in [0.1, 0.15) is 10.9 Å². The van der Waals surface area contributed by atoms with Gasteiger partial charge in [0.25, 0.3) is 10.0 Å². The highest BCUT2D eigenvalue weighted by molar-refractivity contribution is 7.90. The van der Waals surface area contributed by atoms with E-state index in [1.807, 2.05) is 0 Å². The lowest BCUT2D eigenvalue weighted by Gasteiger charge is -2.36. The average molecular weight is 475 g/mol. The van der Waals surface area contributed by atoms with Gasteiger partial charge in [-0.05, 0) is 56.0 Å². The topological polar surface area (TPSA) is 108 Å². The number of hydrogen-bond donors (Lipinski definition) is 2. The average Bonchev–Trinajstić information content (AvgIpc) is 3.06. The standard InChI is InChI=1S/C22H23ClN4O4S/c1-14-16(23)8-6-9-17(14)25-20(28)13-24-22(29)18-10-4-5-12-27(18)21-15-7-2-3-11-19(15)32(30,31)26-21/h2-3,6-9,11,18H,4-5,10,12-13H2,1H3,(H,24,29)(H,25,28)/t18-/m0/s1. The highest BCUT2D eigenvalue weighted by Crippen LogP contribution is 2.30. The molecule has 1 saturated heterocycles. The van der Waals surface area contributed by atoms with Gasteiger partial charge in [0.05, 0.1) is 6.54 Å². The highest BCUT2D eigenvalue weighted by atomic mass is 35.5. The zero-order chi connectivity index (χ0) is 22.9. The lowest BCUT2D eigenvalue weighted by Crippen LogP contribution is -2.52. The summed E-state index contributed by atoms with van der Waals surface area (Å²) in [5.41, 5.74) is 1.82. The van der Waals surface area contributed by atoms with E-state index in [1.54, 1.807) is 48.2 Å². The Morgan fingerprint density at radius 2 is 1.94 bits per heavy atom. The predicted molar refractivity (Wildman–Crippen MR) is 122 cm³/mol. The molecule has 2 heterocycles. The molecule has 0 bridgehead atoms. The Balaban J connectivity index is 1.46. The monoisotopic (exact) mass is 474 g/mol. The van der Waals surface area contributed by atoms with Crippen molar-refractivity contribution >= 4 is 45.0 Å². The van der Waals surface area contributed by atoms with Gasteiger partial charge in [-0.25, -0.2) is 0 Å². The summed E-state index contributed by atoms with van der Waals surface area (Å²) in [6.45, 7) is 2.09. The van der Waals surface area contributed by atoms with Crippen LogP contribution in [0.4, 0.5) is 5.69 Å². The van der Waals surface area contributed by atoms with Crippen LogP contribution in [0, 0.1) is 6.92 Å². The Labute approximate surface area is 191 Å². The van der Waals surface area contributed by atoms with Crippen LogP contribution in [0.15, 0.2) is 51.8 Å². The van der Waals surface area contributed by atoms with Crippen LogP contribution >= 0.6 is 11.6 Å². The molecule has 0 unspecified atom stereocenters. The summed E-state index contributed by atoms with van der Waals surface area (Å²) < 4.78 is 28.8. The molecular weight excluding hydrogens is 452 g/mol. The number of fused-ring (bicyclic) bond motifs is 1. The molecule has 0 aromatic heterocycles. The summed E-state index contributed by atoms with van der Waals surface area (Å²) in [5.74, 6) is -0.427. The third-order valence-corrected chi connectivity index (χ3v) is 7.39. The molecule has 2 N–H and O–H groups in total. The maximum atomic E-state index is 13.0. The van der Waals surface area contributed by atoms with Gasteiger partial charge >= 0.3 is 0 Å². The number of amidine groups is 1. The zero-order valence-corrected chi connectivity index (χ0v) is 19.0. The number of benzene rings is 2. The van der Waals surface area contributed by atoms with Crippen molar-refractivity contribution in [3.8, 4) is 0 Å². The molecule has 0 aliphatic carbocycles. The molecule has 8 nitrogen and oxygen atoms in total. The summed E-state index contributed by atoms with van der Waals surface area (Å²) >= 11 is 6.08. The van der Waals surface area contributed by atoms with Crippen LogP contribution in [0.5, 0.6) is 0 Å². The van der Waals surface area contributed by atoms with E-state index in [9.17, 15) is 18.0 Å². The molecule has 0 spiro atoms. The third-order valence-electron chi connectivity index (χ3n) is 5.65. The normalized spacial score (nSPS) is 19.1. The van der Waals surface area contributed by atoms with Gasteiger partial charge in [0.15, 0.2) is 5.84 Å². The molecule has 32 heavy (non-hydrogen) atoms. The number of carbonyl (C=O) groups is 2. The Kier molecular flexibility index (Phi) is 6.21. The Morgan fingerprint density at radius 1 is 1.16 bits per heavy atom. The van der Waals surface area contributed by atoms with Crippen LogP contribution in [-0.2, 0) is 19.6 Å². The van der Waals surface area contributed by atoms with Crippen LogP contribution in [-0.4, -0.2) is 50.1 Å². The smallest absolute Gasteiger partial charge is 0.285 e. The van der Waals surface area contributed by atoms with Crippen LogP contribution < -0.4 is 10.6 Å². The van der Waals surface area contributed by atoms with Crippen LogP contribution in [0.3, 0.4) is 0 Å². The molecule has 2 aliphatic rings. The number of piperidine rings is 1. The van der Waals surface area contributed by atoms with Gasteiger partial charge in [-0.1, -0.05) is 29.8 Å². The molecule has 2 aliphatic heterocycles. The Morgan fingerprint density at radius 3 is 2.75 bits per heavy atom. The molecule has 1 fully saturated rings. The number of carbonyl (C=O) groups excluding carboxylic acids is 2. The summed E-state index contributed by atoms with van der Waals surface area (Å²) in [6.07, 6.45) is 2.19. The van der Waals surface area contributed by atoms with Crippen molar-refractivity contribution in [2.45, 2.75) is 37.1 Å². The number of halogens is 1. The number of nitrogens with one attached hydrogen (secondary N) is 2. The molecule has 2 amide bonds. The fourth-order valence-corrected chi connectivity index (χ4v) is 5.37. The van der Waals surface area contributed by atoms with Crippen molar-refractivity contribution in [2.24, 2.45) is 4.40 Å². The van der Waals surface area contributed by atoms with Crippen molar-refractivity contribution in [1.82, 2.24) is 10.2 Å². The van der Waals surface area contributed by atoms with E-state index >= 15 is 0 Å². The summed E-state index contributed by atoms with van der Waals surface area (Å²) in [4.78, 5) is 27.2. The van der Waals surface area contributed by atoms with Gasteiger partial charge in [0, 0.05) is 22.8 Å². The second-order valence-corrected chi connectivity index (χ2v) is 9.75. The van der Waals surface area contributed by atoms with Crippen molar-refractivity contribution in [1.29, 1.82) is 0 Å². The molecule has 10 heteroatoms. The van der Waals surface area contributed by atoms with Crippen LogP contribution in [0.2, 0.25) is 5.02 Å². The lowest BCUT2D eigenvalue weighted by molar-refractivity contribution is -0.128. The summed E-state index contributed by atoms with van der Waals surface area (Å²) in [7, 11) is -3.78. The van der Waals surface area contributed by atoms with E-state index in [0.29, 0.717) is 35.1 Å². The number of amides is 2. The maximum Gasteiger partial charge on any atom is 0.285 e. The first-order valence-corrected chi connectivity index (χ1v) is 12.1. The third kappa shape index (κ3) is 4.35. The van der Waals surface area contributed by atoms with E-state index in [1.165, 1.54) is 6.07 Å². The summed E-state index contributed by atoms with van der Waals surface area (Å²) in [5, 5.41) is 5.96. The quantitative estimate of drug-likeness (QED) is 0.708.